The van der Waals surface area contributed by atoms with Crippen LogP contribution < -0.4 is 5.32 Å². The maximum atomic E-state index is 4.75. The van der Waals surface area contributed by atoms with Gasteiger partial charge in [0.15, 0.2) is 0 Å². The average molecular weight is 281 g/mol. The molecule has 1 aliphatic rings. The van der Waals surface area contributed by atoms with Gasteiger partial charge in [-0.15, -0.1) is 11.3 Å². The van der Waals surface area contributed by atoms with Crippen molar-refractivity contribution >= 4 is 11.3 Å². The van der Waals surface area contributed by atoms with E-state index < -0.39 is 0 Å². The van der Waals surface area contributed by atoms with E-state index in [1.807, 2.05) is 0 Å². The van der Waals surface area contributed by atoms with Crippen LogP contribution >= 0.6 is 11.3 Å². The van der Waals surface area contributed by atoms with Gasteiger partial charge in [0.1, 0.15) is 5.01 Å². The molecule has 1 saturated carbocycles. The molecule has 1 aromatic rings. The highest BCUT2D eigenvalue weighted by Crippen LogP contribution is 2.28. The van der Waals surface area contributed by atoms with Crippen LogP contribution in [0.25, 0.3) is 0 Å². The van der Waals surface area contributed by atoms with Gasteiger partial charge < -0.3 is 5.32 Å². The zero-order valence-electron chi connectivity index (χ0n) is 12.5. The van der Waals surface area contributed by atoms with Gasteiger partial charge in [-0.2, -0.15) is 0 Å². The predicted molar refractivity (Wildman–Crippen MR) is 82.4 cm³/mol. The molecular weight excluding hydrogens is 254 g/mol. The third kappa shape index (κ3) is 5.21. The summed E-state index contributed by atoms with van der Waals surface area (Å²) in [6.45, 7) is 11.0. The van der Waals surface area contributed by atoms with Gasteiger partial charge in [-0.05, 0) is 38.3 Å². The van der Waals surface area contributed by atoms with Crippen LogP contribution in [0.5, 0.6) is 0 Å². The van der Waals surface area contributed by atoms with Crippen molar-refractivity contribution in [3.8, 4) is 0 Å². The summed E-state index contributed by atoms with van der Waals surface area (Å²) in [6, 6.07) is 0.837. The first-order valence-corrected chi connectivity index (χ1v) is 8.45. The maximum absolute atomic E-state index is 4.75. The van der Waals surface area contributed by atoms with Crippen LogP contribution in [0.3, 0.4) is 0 Å². The molecule has 1 aromatic heterocycles. The van der Waals surface area contributed by atoms with Crippen molar-refractivity contribution in [3.05, 3.63) is 16.1 Å². The number of nitrogens with zero attached hydrogens (tertiary/aromatic N) is 2. The van der Waals surface area contributed by atoms with E-state index in [-0.39, 0.29) is 0 Å². The quantitative estimate of drug-likeness (QED) is 0.753. The summed E-state index contributed by atoms with van der Waals surface area (Å²) in [6.07, 6.45) is 4.00. The van der Waals surface area contributed by atoms with Gasteiger partial charge in [-0.1, -0.05) is 20.8 Å². The van der Waals surface area contributed by atoms with Crippen molar-refractivity contribution in [1.29, 1.82) is 0 Å². The Balaban J connectivity index is 1.79. The summed E-state index contributed by atoms with van der Waals surface area (Å²) in [4.78, 5) is 7.35. The Hall–Kier alpha value is -0.450. The Bertz CT molecular complexity index is 371. The van der Waals surface area contributed by atoms with Crippen molar-refractivity contribution in [2.24, 2.45) is 5.92 Å². The number of rotatable bonds is 9. The zero-order chi connectivity index (χ0) is 13.7. The predicted octanol–water partition coefficient (Wildman–Crippen LogP) is 3.26. The minimum absolute atomic E-state index is 0.703. The molecule has 2 rings (SSSR count). The lowest BCUT2D eigenvalue weighted by Gasteiger charge is -2.19. The average Bonchev–Trinajstić information content (AvgIpc) is 3.11. The standard InChI is InChI=1S/C15H27N3S/c1-4-7-18(14-5-6-14)10-13-11-19-15(17-13)9-16-8-12(2)3/h11-12,14,16H,4-10H2,1-3H3. The Morgan fingerprint density at radius 1 is 1.47 bits per heavy atom. The van der Waals surface area contributed by atoms with Gasteiger partial charge in [0.05, 0.1) is 5.69 Å². The maximum Gasteiger partial charge on any atom is 0.107 e. The second-order valence-corrected chi connectivity index (χ2v) is 6.90. The summed E-state index contributed by atoms with van der Waals surface area (Å²) in [5, 5.41) is 6.92. The van der Waals surface area contributed by atoms with E-state index in [9.17, 15) is 0 Å². The molecule has 0 atom stereocenters. The molecule has 0 aliphatic heterocycles. The molecule has 1 aliphatic carbocycles. The smallest absolute Gasteiger partial charge is 0.107 e. The number of aromatic nitrogens is 1. The molecule has 108 valence electrons. The minimum Gasteiger partial charge on any atom is -0.310 e. The molecule has 0 saturated heterocycles. The van der Waals surface area contributed by atoms with Gasteiger partial charge in [0, 0.05) is 24.5 Å². The van der Waals surface area contributed by atoms with Gasteiger partial charge in [-0.3, -0.25) is 4.90 Å². The molecule has 19 heavy (non-hydrogen) atoms. The third-order valence-corrected chi connectivity index (χ3v) is 4.26. The molecule has 3 nitrogen and oxygen atoms in total. The molecule has 0 unspecified atom stereocenters. The van der Waals surface area contributed by atoms with Crippen LogP contribution in [0.15, 0.2) is 5.38 Å². The SMILES string of the molecule is CCCN(Cc1csc(CNCC(C)C)n1)C1CC1. The van der Waals surface area contributed by atoms with Gasteiger partial charge in [-0.25, -0.2) is 4.98 Å². The molecule has 0 radical (unpaired) electrons. The van der Waals surface area contributed by atoms with E-state index in [4.69, 9.17) is 4.98 Å². The lowest BCUT2D eigenvalue weighted by Crippen LogP contribution is -2.26. The molecule has 0 spiro atoms. The summed E-state index contributed by atoms with van der Waals surface area (Å²) in [5.41, 5.74) is 1.26. The van der Waals surface area contributed by atoms with Crippen LogP contribution in [0.1, 0.15) is 50.7 Å². The number of thiazole rings is 1. The first-order chi connectivity index (χ1) is 9.19. The highest BCUT2D eigenvalue weighted by Gasteiger charge is 2.28. The molecule has 0 amide bonds. The Labute approximate surface area is 121 Å². The molecule has 4 heteroatoms. The highest BCUT2D eigenvalue weighted by atomic mass is 32.1. The lowest BCUT2D eigenvalue weighted by atomic mass is 10.2. The van der Waals surface area contributed by atoms with E-state index in [2.05, 4.69) is 36.4 Å². The molecule has 1 heterocycles. The van der Waals surface area contributed by atoms with Crippen molar-refractivity contribution in [3.63, 3.8) is 0 Å². The Kier molecular flexibility index (Phi) is 5.79. The summed E-state index contributed by atoms with van der Waals surface area (Å²) < 4.78 is 0. The number of hydrogen-bond acceptors (Lipinski definition) is 4. The van der Waals surface area contributed by atoms with Crippen LogP contribution in [0, 0.1) is 5.92 Å². The largest absolute Gasteiger partial charge is 0.310 e. The fraction of sp³-hybridized carbons (Fsp3) is 0.800. The summed E-state index contributed by atoms with van der Waals surface area (Å²) in [5.74, 6) is 0.703. The van der Waals surface area contributed by atoms with E-state index >= 15 is 0 Å². The first-order valence-electron chi connectivity index (χ1n) is 7.57. The first kappa shape index (κ1) is 14.9. The van der Waals surface area contributed by atoms with Crippen molar-refractivity contribution in [2.75, 3.05) is 13.1 Å². The molecule has 1 fully saturated rings. The second kappa shape index (κ2) is 7.36. The van der Waals surface area contributed by atoms with Gasteiger partial charge in [0.25, 0.3) is 0 Å². The summed E-state index contributed by atoms with van der Waals surface area (Å²) in [7, 11) is 0. The van der Waals surface area contributed by atoms with Gasteiger partial charge >= 0.3 is 0 Å². The van der Waals surface area contributed by atoms with Crippen molar-refractivity contribution < 1.29 is 0 Å². The fourth-order valence-corrected chi connectivity index (χ4v) is 3.05. The monoisotopic (exact) mass is 281 g/mol. The van der Waals surface area contributed by atoms with Crippen LogP contribution in [0.2, 0.25) is 0 Å². The zero-order valence-corrected chi connectivity index (χ0v) is 13.3. The van der Waals surface area contributed by atoms with Crippen LogP contribution in [0.4, 0.5) is 0 Å². The fourth-order valence-electron chi connectivity index (χ4n) is 2.30. The lowest BCUT2D eigenvalue weighted by molar-refractivity contribution is 0.252. The Morgan fingerprint density at radius 2 is 2.26 bits per heavy atom. The van der Waals surface area contributed by atoms with E-state index in [0.29, 0.717) is 5.92 Å². The van der Waals surface area contributed by atoms with E-state index in [1.54, 1.807) is 11.3 Å². The van der Waals surface area contributed by atoms with E-state index in [0.717, 1.165) is 25.7 Å². The molecule has 1 N–H and O–H groups in total. The third-order valence-electron chi connectivity index (χ3n) is 3.37. The molecule has 0 aromatic carbocycles. The normalized spacial score (nSPS) is 15.6. The van der Waals surface area contributed by atoms with Crippen LogP contribution in [-0.2, 0) is 13.1 Å². The van der Waals surface area contributed by atoms with Crippen molar-refractivity contribution in [2.45, 2.75) is 59.2 Å². The minimum atomic E-state index is 0.703. The highest BCUT2D eigenvalue weighted by molar-refractivity contribution is 7.09. The number of hydrogen-bond donors (Lipinski definition) is 1. The Morgan fingerprint density at radius 3 is 2.89 bits per heavy atom. The van der Waals surface area contributed by atoms with E-state index in [1.165, 1.54) is 36.5 Å². The molecular formula is C15H27N3S. The van der Waals surface area contributed by atoms with Crippen LogP contribution in [-0.4, -0.2) is 29.0 Å². The topological polar surface area (TPSA) is 28.2 Å². The second-order valence-electron chi connectivity index (χ2n) is 5.96. The molecule has 0 bridgehead atoms. The number of nitrogens with one attached hydrogen (secondary N) is 1. The summed E-state index contributed by atoms with van der Waals surface area (Å²) >= 11 is 1.79. The van der Waals surface area contributed by atoms with Crippen molar-refractivity contribution in [1.82, 2.24) is 15.2 Å². The van der Waals surface area contributed by atoms with Gasteiger partial charge in [0.2, 0.25) is 0 Å².